The van der Waals surface area contributed by atoms with E-state index in [1.165, 1.54) is 0 Å². The number of benzene rings is 1. The Bertz CT molecular complexity index is 670. The summed E-state index contributed by atoms with van der Waals surface area (Å²) in [5.74, 6) is 0.323. The average Bonchev–Trinajstić information content (AvgIpc) is 2.86. The van der Waals surface area contributed by atoms with Gasteiger partial charge in [0.2, 0.25) is 11.8 Å². The van der Waals surface area contributed by atoms with Crippen LogP contribution < -0.4 is 0 Å². The number of hydrogen-bond donors (Lipinski definition) is 0. The summed E-state index contributed by atoms with van der Waals surface area (Å²) in [6, 6.07) is 7.41. The van der Waals surface area contributed by atoms with Crippen molar-refractivity contribution in [1.29, 1.82) is 0 Å². The van der Waals surface area contributed by atoms with E-state index < -0.39 is 0 Å². The van der Waals surface area contributed by atoms with Crippen molar-refractivity contribution in [2.24, 2.45) is 0 Å². The van der Waals surface area contributed by atoms with Crippen LogP contribution in [0.5, 0.6) is 0 Å². The molecule has 27 heavy (non-hydrogen) atoms. The molecule has 2 aliphatic rings. The monoisotopic (exact) mass is 393 g/mol. The van der Waals surface area contributed by atoms with E-state index in [2.05, 4.69) is 4.90 Å². The van der Waals surface area contributed by atoms with Crippen molar-refractivity contribution in [3.05, 3.63) is 34.9 Å². The molecule has 0 saturated carbocycles. The minimum Gasteiger partial charge on any atom is -0.383 e. The number of carbonyl (C=O) groups is 2. The fourth-order valence-electron chi connectivity index (χ4n) is 3.92. The van der Waals surface area contributed by atoms with Crippen LogP contribution in [-0.4, -0.2) is 85.5 Å². The van der Waals surface area contributed by atoms with Crippen LogP contribution in [0.1, 0.15) is 18.4 Å². The number of methoxy groups -OCH3 is 1. The molecule has 0 spiro atoms. The predicted octanol–water partition coefficient (Wildman–Crippen LogP) is 1.66. The first-order valence-electron chi connectivity index (χ1n) is 9.62. The number of amides is 2. The Labute approximate surface area is 166 Å². The van der Waals surface area contributed by atoms with E-state index >= 15 is 0 Å². The quantitative estimate of drug-likeness (QED) is 0.737. The van der Waals surface area contributed by atoms with Crippen molar-refractivity contribution in [1.82, 2.24) is 14.7 Å². The third-order valence-corrected chi connectivity index (χ3v) is 5.64. The molecule has 0 radical (unpaired) electrons. The van der Waals surface area contributed by atoms with Crippen LogP contribution in [0.3, 0.4) is 0 Å². The van der Waals surface area contributed by atoms with Gasteiger partial charge in [0.1, 0.15) is 0 Å². The maximum absolute atomic E-state index is 12.7. The summed E-state index contributed by atoms with van der Waals surface area (Å²) < 4.78 is 5.09. The molecule has 2 aliphatic heterocycles. The predicted molar refractivity (Wildman–Crippen MR) is 105 cm³/mol. The molecule has 0 aromatic heterocycles. The first kappa shape index (κ1) is 20.1. The number of halogens is 1. The molecule has 0 unspecified atom stereocenters. The highest BCUT2D eigenvalue weighted by atomic mass is 35.5. The van der Waals surface area contributed by atoms with Gasteiger partial charge in [-0.25, -0.2) is 0 Å². The SMILES string of the molecule is COCCN1CC[C@H](N2CCCN(C(=O)Cc3cccc(Cl)c3)CC2)C1=O. The zero-order chi connectivity index (χ0) is 19.2. The minimum atomic E-state index is -0.0511. The van der Waals surface area contributed by atoms with Gasteiger partial charge in [0.25, 0.3) is 0 Å². The van der Waals surface area contributed by atoms with Gasteiger partial charge in [-0.2, -0.15) is 0 Å². The topological polar surface area (TPSA) is 53.1 Å². The third kappa shape index (κ3) is 5.21. The van der Waals surface area contributed by atoms with E-state index in [4.69, 9.17) is 16.3 Å². The molecule has 148 valence electrons. The van der Waals surface area contributed by atoms with Crippen LogP contribution in [-0.2, 0) is 20.7 Å². The highest BCUT2D eigenvalue weighted by Gasteiger charge is 2.36. The smallest absolute Gasteiger partial charge is 0.240 e. The Morgan fingerprint density at radius 3 is 2.85 bits per heavy atom. The number of likely N-dealkylation sites (tertiary alicyclic amines) is 1. The largest absolute Gasteiger partial charge is 0.383 e. The fraction of sp³-hybridized carbons (Fsp3) is 0.600. The number of nitrogens with zero attached hydrogens (tertiary/aromatic N) is 3. The van der Waals surface area contributed by atoms with Crippen molar-refractivity contribution >= 4 is 23.4 Å². The summed E-state index contributed by atoms with van der Waals surface area (Å²) in [6.45, 7) is 5.03. The standard InChI is InChI=1S/C20H28ClN3O3/c1-27-13-12-24-9-6-18(20(24)26)22-7-3-8-23(11-10-22)19(25)15-16-4-2-5-17(21)14-16/h2,4-5,14,18H,3,6-13,15H2,1H3/t18-/m0/s1. The second kappa shape index (κ2) is 9.53. The Morgan fingerprint density at radius 1 is 1.22 bits per heavy atom. The van der Waals surface area contributed by atoms with E-state index in [1.54, 1.807) is 7.11 Å². The van der Waals surface area contributed by atoms with Gasteiger partial charge < -0.3 is 14.5 Å². The summed E-state index contributed by atoms with van der Waals surface area (Å²) >= 11 is 6.01. The maximum atomic E-state index is 12.7. The van der Waals surface area contributed by atoms with Gasteiger partial charge in [-0.15, -0.1) is 0 Å². The molecule has 2 saturated heterocycles. The summed E-state index contributed by atoms with van der Waals surface area (Å²) in [7, 11) is 1.65. The van der Waals surface area contributed by atoms with Gasteiger partial charge in [-0.05, 0) is 30.5 Å². The van der Waals surface area contributed by atoms with E-state index in [0.717, 1.165) is 44.6 Å². The molecule has 1 atom stereocenters. The first-order valence-corrected chi connectivity index (χ1v) is 10.0. The molecule has 1 aromatic carbocycles. The number of carbonyl (C=O) groups excluding carboxylic acids is 2. The average molecular weight is 394 g/mol. The van der Waals surface area contributed by atoms with E-state index in [1.807, 2.05) is 34.1 Å². The van der Waals surface area contributed by atoms with Crippen molar-refractivity contribution in [3.8, 4) is 0 Å². The Hall–Kier alpha value is -1.63. The third-order valence-electron chi connectivity index (χ3n) is 5.40. The van der Waals surface area contributed by atoms with Gasteiger partial charge >= 0.3 is 0 Å². The Kier molecular flexibility index (Phi) is 7.10. The van der Waals surface area contributed by atoms with E-state index in [9.17, 15) is 9.59 Å². The summed E-state index contributed by atoms with van der Waals surface area (Å²) in [6.07, 6.45) is 2.12. The number of ether oxygens (including phenoxy) is 1. The summed E-state index contributed by atoms with van der Waals surface area (Å²) in [5.41, 5.74) is 0.938. The van der Waals surface area contributed by atoms with Crippen molar-refractivity contribution in [2.75, 3.05) is 53.0 Å². The molecule has 0 N–H and O–H groups in total. The molecular formula is C20H28ClN3O3. The van der Waals surface area contributed by atoms with Gasteiger partial charge in [0.05, 0.1) is 19.1 Å². The molecule has 2 fully saturated rings. The zero-order valence-corrected chi connectivity index (χ0v) is 16.7. The molecule has 6 nitrogen and oxygen atoms in total. The van der Waals surface area contributed by atoms with E-state index in [-0.39, 0.29) is 17.9 Å². The van der Waals surface area contributed by atoms with Crippen molar-refractivity contribution < 1.29 is 14.3 Å². The molecule has 2 heterocycles. The lowest BCUT2D eigenvalue weighted by molar-refractivity contribution is -0.132. The molecule has 0 aliphatic carbocycles. The van der Waals surface area contributed by atoms with Gasteiger partial charge in [0, 0.05) is 51.4 Å². The molecule has 2 amide bonds. The highest BCUT2D eigenvalue weighted by Crippen LogP contribution is 2.19. The molecular weight excluding hydrogens is 366 g/mol. The lowest BCUT2D eigenvalue weighted by atomic mass is 10.1. The second-order valence-electron chi connectivity index (χ2n) is 7.20. The van der Waals surface area contributed by atoms with Gasteiger partial charge in [-0.3, -0.25) is 14.5 Å². The van der Waals surface area contributed by atoms with Gasteiger partial charge in [0.15, 0.2) is 0 Å². The van der Waals surface area contributed by atoms with Crippen molar-refractivity contribution in [2.45, 2.75) is 25.3 Å². The van der Waals surface area contributed by atoms with Crippen molar-refractivity contribution in [3.63, 3.8) is 0 Å². The Morgan fingerprint density at radius 2 is 2.07 bits per heavy atom. The van der Waals surface area contributed by atoms with Crippen LogP contribution >= 0.6 is 11.6 Å². The zero-order valence-electron chi connectivity index (χ0n) is 15.9. The normalized spacial score (nSPS) is 21.6. The molecule has 7 heteroatoms. The number of rotatable bonds is 6. The highest BCUT2D eigenvalue weighted by molar-refractivity contribution is 6.30. The maximum Gasteiger partial charge on any atom is 0.240 e. The van der Waals surface area contributed by atoms with Crippen LogP contribution in [0.25, 0.3) is 0 Å². The lowest BCUT2D eigenvalue weighted by Gasteiger charge is -2.26. The molecule has 0 bridgehead atoms. The lowest BCUT2D eigenvalue weighted by Crippen LogP contribution is -2.44. The van der Waals surface area contributed by atoms with Gasteiger partial charge in [-0.1, -0.05) is 23.7 Å². The number of hydrogen-bond acceptors (Lipinski definition) is 4. The minimum absolute atomic E-state index is 0.0511. The molecule has 3 rings (SSSR count). The second-order valence-corrected chi connectivity index (χ2v) is 7.64. The summed E-state index contributed by atoms with van der Waals surface area (Å²) in [5, 5.41) is 0.653. The summed E-state index contributed by atoms with van der Waals surface area (Å²) in [4.78, 5) is 31.4. The Balaban J connectivity index is 1.53. The first-order chi connectivity index (χ1) is 13.1. The molecule has 1 aromatic rings. The fourth-order valence-corrected chi connectivity index (χ4v) is 4.13. The van der Waals surface area contributed by atoms with E-state index in [0.29, 0.717) is 31.1 Å². The van der Waals surface area contributed by atoms with Crippen LogP contribution in [0, 0.1) is 0 Å². The van der Waals surface area contributed by atoms with Crippen LogP contribution in [0.2, 0.25) is 5.02 Å². The van der Waals surface area contributed by atoms with Crippen LogP contribution in [0.4, 0.5) is 0 Å². The van der Waals surface area contributed by atoms with Crippen LogP contribution in [0.15, 0.2) is 24.3 Å².